The molecule has 1 atom stereocenters. The van der Waals surface area contributed by atoms with Gasteiger partial charge in [-0.3, -0.25) is 0 Å². The standard InChI is InChI=1S/C18H29NO/c1-2-3-4-5-6-9-12-18(14-19)13-16-10-7-8-11-17(16)20-15-18/h7-8,10-11H,2-6,9,12-15,19H2,1H3. The van der Waals surface area contributed by atoms with Crippen LogP contribution in [0.2, 0.25) is 0 Å². The van der Waals surface area contributed by atoms with Crippen molar-refractivity contribution in [2.24, 2.45) is 11.1 Å². The van der Waals surface area contributed by atoms with Crippen LogP contribution in [0.3, 0.4) is 0 Å². The van der Waals surface area contributed by atoms with Crippen LogP contribution in [0.5, 0.6) is 5.75 Å². The fraction of sp³-hybridized carbons (Fsp3) is 0.667. The van der Waals surface area contributed by atoms with E-state index in [4.69, 9.17) is 10.5 Å². The quantitative estimate of drug-likeness (QED) is 0.717. The molecule has 0 aromatic heterocycles. The van der Waals surface area contributed by atoms with Crippen molar-refractivity contribution in [3.8, 4) is 5.75 Å². The number of para-hydroxylation sites is 1. The molecule has 2 heteroatoms. The normalized spacial score (nSPS) is 21.3. The number of ether oxygens (including phenoxy) is 1. The van der Waals surface area contributed by atoms with Gasteiger partial charge in [0.05, 0.1) is 6.61 Å². The molecule has 1 aromatic carbocycles. The molecule has 0 aliphatic carbocycles. The van der Waals surface area contributed by atoms with Gasteiger partial charge in [-0.15, -0.1) is 0 Å². The Morgan fingerprint density at radius 2 is 1.85 bits per heavy atom. The highest BCUT2D eigenvalue weighted by Gasteiger charge is 2.33. The smallest absolute Gasteiger partial charge is 0.122 e. The van der Waals surface area contributed by atoms with Crippen molar-refractivity contribution in [1.82, 2.24) is 0 Å². The van der Waals surface area contributed by atoms with Gasteiger partial charge in [0, 0.05) is 12.0 Å². The molecule has 1 aliphatic heterocycles. The van der Waals surface area contributed by atoms with Gasteiger partial charge >= 0.3 is 0 Å². The summed E-state index contributed by atoms with van der Waals surface area (Å²) in [4.78, 5) is 0. The Kier molecular flexibility index (Phi) is 5.90. The molecule has 0 amide bonds. The molecule has 2 nitrogen and oxygen atoms in total. The molecule has 20 heavy (non-hydrogen) atoms. The van der Waals surface area contributed by atoms with Crippen LogP contribution in [-0.4, -0.2) is 13.2 Å². The van der Waals surface area contributed by atoms with Crippen molar-refractivity contribution in [3.63, 3.8) is 0 Å². The number of rotatable bonds is 8. The Labute approximate surface area is 123 Å². The molecular weight excluding hydrogens is 246 g/mol. The predicted octanol–water partition coefficient (Wildman–Crippen LogP) is 4.32. The third-order valence-corrected chi connectivity index (χ3v) is 4.57. The van der Waals surface area contributed by atoms with Gasteiger partial charge in [0.15, 0.2) is 0 Å². The number of hydrogen-bond acceptors (Lipinski definition) is 2. The molecule has 1 unspecified atom stereocenters. The second-order valence-corrected chi connectivity index (χ2v) is 6.30. The number of unbranched alkanes of at least 4 members (excludes halogenated alkanes) is 5. The van der Waals surface area contributed by atoms with Crippen LogP contribution in [0.25, 0.3) is 0 Å². The first-order valence-electron chi connectivity index (χ1n) is 8.20. The van der Waals surface area contributed by atoms with E-state index in [0.29, 0.717) is 0 Å². The van der Waals surface area contributed by atoms with Gasteiger partial charge in [-0.1, -0.05) is 63.6 Å². The van der Waals surface area contributed by atoms with E-state index >= 15 is 0 Å². The van der Waals surface area contributed by atoms with Gasteiger partial charge in [-0.25, -0.2) is 0 Å². The molecule has 2 N–H and O–H groups in total. The molecule has 0 fully saturated rings. The van der Waals surface area contributed by atoms with Crippen LogP contribution in [-0.2, 0) is 6.42 Å². The summed E-state index contributed by atoms with van der Waals surface area (Å²) in [5.41, 5.74) is 7.57. The summed E-state index contributed by atoms with van der Waals surface area (Å²) in [6, 6.07) is 8.39. The van der Waals surface area contributed by atoms with E-state index in [1.807, 2.05) is 6.07 Å². The van der Waals surface area contributed by atoms with Crippen molar-refractivity contribution in [3.05, 3.63) is 29.8 Å². The maximum absolute atomic E-state index is 6.08. The van der Waals surface area contributed by atoms with Crippen LogP contribution < -0.4 is 10.5 Å². The van der Waals surface area contributed by atoms with E-state index in [-0.39, 0.29) is 5.41 Å². The fourth-order valence-corrected chi connectivity index (χ4v) is 3.15. The zero-order chi connectivity index (χ0) is 14.3. The predicted molar refractivity (Wildman–Crippen MR) is 85.1 cm³/mol. The first-order valence-corrected chi connectivity index (χ1v) is 8.20. The highest BCUT2D eigenvalue weighted by Crippen LogP contribution is 2.37. The molecule has 2 rings (SSSR count). The third-order valence-electron chi connectivity index (χ3n) is 4.57. The molecule has 0 bridgehead atoms. The lowest BCUT2D eigenvalue weighted by Crippen LogP contribution is -2.41. The lowest BCUT2D eigenvalue weighted by Gasteiger charge is -2.37. The van der Waals surface area contributed by atoms with E-state index in [1.165, 1.54) is 50.5 Å². The summed E-state index contributed by atoms with van der Waals surface area (Å²) in [5, 5.41) is 0. The Bertz CT molecular complexity index is 404. The number of benzene rings is 1. The Balaban J connectivity index is 1.82. The zero-order valence-corrected chi connectivity index (χ0v) is 12.9. The van der Waals surface area contributed by atoms with Gasteiger partial charge in [0.1, 0.15) is 5.75 Å². The molecule has 0 saturated carbocycles. The highest BCUT2D eigenvalue weighted by atomic mass is 16.5. The molecule has 1 heterocycles. The van der Waals surface area contributed by atoms with E-state index in [1.54, 1.807) is 0 Å². The van der Waals surface area contributed by atoms with Crippen molar-refractivity contribution in [2.75, 3.05) is 13.2 Å². The summed E-state index contributed by atoms with van der Waals surface area (Å²) < 4.78 is 5.95. The van der Waals surface area contributed by atoms with Gasteiger partial charge in [-0.05, 0) is 24.5 Å². The fourth-order valence-electron chi connectivity index (χ4n) is 3.15. The van der Waals surface area contributed by atoms with E-state index in [9.17, 15) is 0 Å². The Morgan fingerprint density at radius 1 is 1.10 bits per heavy atom. The van der Waals surface area contributed by atoms with Crippen LogP contribution in [0.15, 0.2) is 24.3 Å². The van der Waals surface area contributed by atoms with Crippen LogP contribution in [0, 0.1) is 5.41 Å². The van der Waals surface area contributed by atoms with Crippen molar-refractivity contribution in [2.45, 2.75) is 58.3 Å². The largest absolute Gasteiger partial charge is 0.493 e. The Morgan fingerprint density at radius 3 is 2.65 bits per heavy atom. The minimum absolute atomic E-state index is 0.166. The average molecular weight is 275 g/mol. The zero-order valence-electron chi connectivity index (χ0n) is 12.9. The lowest BCUT2D eigenvalue weighted by atomic mass is 9.76. The summed E-state index contributed by atoms with van der Waals surface area (Å²) in [6.45, 7) is 3.78. The maximum atomic E-state index is 6.08. The topological polar surface area (TPSA) is 35.2 Å². The number of fused-ring (bicyclic) bond motifs is 1. The van der Waals surface area contributed by atoms with Gasteiger partial charge in [0.25, 0.3) is 0 Å². The van der Waals surface area contributed by atoms with Crippen molar-refractivity contribution < 1.29 is 4.74 Å². The summed E-state index contributed by atoms with van der Waals surface area (Å²) in [5.74, 6) is 1.06. The molecule has 0 saturated heterocycles. The maximum Gasteiger partial charge on any atom is 0.122 e. The first-order chi connectivity index (χ1) is 9.79. The molecule has 0 spiro atoms. The lowest BCUT2D eigenvalue weighted by molar-refractivity contribution is 0.114. The van der Waals surface area contributed by atoms with Gasteiger partial charge in [-0.2, -0.15) is 0 Å². The summed E-state index contributed by atoms with van der Waals surface area (Å²) >= 11 is 0. The average Bonchev–Trinajstić information content (AvgIpc) is 2.50. The molecule has 112 valence electrons. The van der Waals surface area contributed by atoms with Crippen LogP contribution >= 0.6 is 0 Å². The van der Waals surface area contributed by atoms with E-state index in [0.717, 1.165) is 25.3 Å². The molecular formula is C18H29NO. The van der Waals surface area contributed by atoms with Crippen molar-refractivity contribution in [1.29, 1.82) is 0 Å². The summed E-state index contributed by atoms with van der Waals surface area (Å²) in [7, 11) is 0. The second kappa shape index (κ2) is 7.68. The van der Waals surface area contributed by atoms with E-state index < -0.39 is 0 Å². The van der Waals surface area contributed by atoms with Crippen LogP contribution in [0.1, 0.15) is 57.4 Å². The number of nitrogens with two attached hydrogens (primary N) is 1. The van der Waals surface area contributed by atoms with Gasteiger partial charge in [0.2, 0.25) is 0 Å². The minimum atomic E-state index is 0.166. The second-order valence-electron chi connectivity index (χ2n) is 6.30. The monoisotopic (exact) mass is 275 g/mol. The highest BCUT2D eigenvalue weighted by molar-refractivity contribution is 5.36. The van der Waals surface area contributed by atoms with Crippen molar-refractivity contribution >= 4 is 0 Å². The van der Waals surface area contributed by atoms with Crippen LogP contribution in [0.4, 0.5) is 0 Å². The molecule has 0 radical (unpaired) electrons. The molecule has 1 aliphatic rings. The van der Waals surface area contributed by atoms with E-state index in [2.05, 4.69) is 25.1 Å². The first kappa shape index (κ1) is 15.4. The minimum Gasteiger partial charge on any atom is -0.493 e. The SMILES string of the molecule is CCCCCCCCC1(CN)COc2ccccc2C1. The summed E-state index contributed by atoms with van der Waals surface area (Å²) in [6.07, 6.45) is 10.3. The Hall–Kier alpha value is -1.02. The molecule has 1 aromatic rings. The number of hydrogen-bond donors (Lipinski definition) is 1. The van der Waals surface area contributed by atoms with Gasteiger partial charge < -0.3 is 10.5 Å². The third kappa shape index (κ3) is 3.99.